The summed E-state index contributed by atoms with van der Waals surface area (Å²) in [5, 5.41) is 10.7. The van der Waals surface area contributed by atoms with Crippen LogP contribution in [0.2, 0.25) is 0 Å². The first kappa shape index (κ1) is 108. The molecule has 0 aliphatic heterocycles. The number of hydrogen-bond acceptors (Lipinski definition) is 15. The highest BCUT2D eigenvalue weighted by Crippen LogP contribution is 2.45. The Balaban J connectivity index is 5.24. The lowest BCUT2D eigenvalue weighted by atomic mass is 9.99. The van der Waals surface area contributed by atoms with Crippen LogP contribution in [0.15, 0.2) is 0 Å². The summed E-state index contributed by atoms with van der Waals surface area (Å²) in [6.45, 7) is 7.45. The number of aliphatic hydroxyl groups excluding tert-OH is 1. The van der Waals surface area contributed by atoms with Crippen LogP contribution in [0, 0.1) is 5.92 Å². The summed E-state index contributed by atoms with van der Waals surface area (Å²) in [6.07, 6.45) is 79.1. The van der Waals surface area contributed by atoms with Gasteiger partial charge in [-0.2, -0.15) is 0 Å². The number of unbranched alkanes of at least 4 members (excludes halogenated alkanes) is 62. The second kappa shape index (κ2) is 83.5. The second-order valence-corrected chi connectivity index (χ2v) is 35.8. The standard InChI is InChI=1S/C91H178O17P2/c1-6-10-13-16-19-22-25-28-30-32-34-35-36-37-39-41-47-52-57-62-67-72-77-91(96)108-87(81-102-89(94)75-70-65-60-55-50-45-43-42-44-48-53-58-63-68-73-84(5)9-4)83-106-110(99,100)104-79-85(92)78-103-109(97,98)105-82-86(80-101-88(93)74-69-64-59-54-49-27-24-21-18-15-12-8-3)107-90(95)76-71-66-61-56-51-46-40-38-33-31-29-26-23-20-17-14-11-7-2/h84-87,92H,6-83H2,1-5H3,(H,97,98)(H,99,100)/t84?,85-,86+,87+/m0/s1. The first-order chi connectivity index (χ1) is 53.6. The molecule has 0 aromatic carbocycles. The molecule has 0 aromatic rings. The summed E-state index contributed by atoms with van der Waals surface area (Å²) in [7, 11) is -9.93. The van der Waals surface area contributed by atoms with Crippen LogP contribution in [0.1, 0.15) is 497 Å². The number of carbonyl (C=O) groups is 4. The minimum Gasteiger partial charge on any atom is -0.462 e. The minimum atomic E-state index is -4.97. The van der Waals surface area contributed by atoms with E-state index in [0.717, 1.165) is 95.8 Å². The Hall–Kier alpha value is -1.94. The van der Waals surface area contributed by atoms with E-state index in [1.54, 1.807) is 0 Å². The van der Waals surface area contributed by atoms with Gasteiger partial charge >= 0.3 is 39.5 Å². The zero-order valence-electron chi connectivity index (χ0n) is 72.4. The Morgan fingerprint density at radius 3 is 0.645 bits per heavy atom. The summed E-state index contributed by atoms with van der Waals surface area (Å²) in [5.74, 6) is -1.24. The zero-order valence-corrected chi connectivity index (χ0v) is 74.2. The molecule has 6 atom stereocenters. The van der Waals surface area contributed by atoms with Crippen LogP contribution >= 0.6 is 15.6 Å². The van der Waals surface area contributed by atoms with Crippen molar-refractivity contribution in [2.45, 2.75) is 515 Å². The highest BCUT2D eigenvalue weighted by molar-refractivity contribution is 7.47. The summed E-state index contributed by atoms with van der Waals surface area (Å²) in [4.78, 5) is 73.4. The van der Waals surface area contributed by atoms with E-state index in [0.29, 0.717) is 25.7 Å². The van der Waals surface area contributed by atoms with Crippen LogP contribution < -0.4 is 0 Å². The van der Waals surface area contributed by atoms with Crippen molar-refractivity contribution in [3.63, 3.8) is 0 Å². The molecule has 0 amide bonds. The van der Waals surface area contributed by atoms with Crippen molar-refractivity contribution in [3.05, 3.63) is 0 Å². The molecule has 0 fully saturated rings. The van der Waals surface area contributed by atoms with Crippen molar-refractivity contribution in [2.24, 2.45) is 5.92 Å². The first-order valence-corrected chi connectivity index (χ1v) is 50.2. The molecule has 0 saturated heterocycles. The first-order valence-electron chi connectivity index (χ1n) is 47.2. The fourth-order valence-electron chi connectivity index (χ4n) is 14.3. The van der Waals surface area contributed by atoms with Gasteiger partial charge in [0.15, 0.2) is 12.2 Å². The summed E-state index contributed by atoms with van der Waals surface area (Å²) in [6, 6.07) is 0. The van der Waals surface area contributed by atoms with Crippen molar-refractivity contribution in [1.82, 2.24) is 0 Å². The van der Waals surface area contributed by atoms with E-state index in [2.05, 4.69) is 34.6 Å². The maximum atomic E-state index is 13.2. The molecule has 0 rings (SSSR count). The SMILES string of the molecule is CCCCCCCCCCCCCCCCCCCCCCCCC(=O)O[C@H](COC(=O)CCCCCCCCCCCCCCCCC(C)CC)COP(=O)(O)OC[C@@H](O)COP(=O)(O)OC[C@@H](COC(=O)CCCCCCCCCCCCCC)OC(=O)CCCCCCCCCCCCCCCCCCCC. The Morgan fingerprint density at radius 1 is 0.255 bits per heavy atom. The van der Waals surface area contributed by atoms with Crippen molar-refractivity contribution < 1.29 is 80.2 Å². The molecule has 0 aliphatic rings. The average molecular weight is 1610 g/mol. The molecule has 110 heavy (non-hydrogen) atoms. The molecule has 3 unspecified atom stereocenters. The number of phosphoric acid groups is 2. The molecule has 654 valence electrons. The van der Waals surface area contributed by atoms with E-state index < -0.39 is 97.5 Å². The monoisotopic (exact) mass is 1610 g/mol. The highest BCUT2D eigenvalue weighted by Gasteiger charge is 2.31. The molecule has 17 nitrogen and oxygen atoms in total. The highest BCUT2D eigenvalue weighted by atomic mass is 31.2. The van der Waals surface area contributed by atoms with Gasteiger partial charge in [-0.25, -0.2) is 9.13 Å². The topological polar surface area (TPSA) is 237 Å². The minimum absolute atomic E-state index is 0.109. The quantitative estimate of drug-likeness (QED) is 0.0222. The third-order valence-corrected chi connectivity index (χ3v) is 23.8. The van der Waals surface area contributed by atoms with Gasteiger partial charge in [-0.1, -0.05) is 446 Å². The van der Waals surface area contributed by atoms with Gasteiger partial charge in [0.25, 0.3) is 0 Å². The van der Waals surface area contributed by atoms with Crippen molar-refractivity contribution in [1.29, 1.82) is 0 Å². The van der Waals surface area contributed by atoms with E-state index in [1.165, 1.54) is 321 Å². The van der Waals surface area contributed by atoms with Crippen molar-refractivity contribution in [2.75, 3.05) is 39.6 Å². The molecule has 0 saturated carbocycles. The number of aliphatic hydroxyl groups is 1. The molecular formula is C91H178O17P2. The second-order valence-electron chi connectivity index (χ2n) is 32.9. The summed E-state index contributed by atoms with van der Waals surface area (Å²) in [5.41, 5.74) is 0. The van der Waals surface area contributed by atoms with E-state index in [1.807, 2.05) is 0 Å². The van der Waals surface area contributed by atoms with E-state index in [9.17, 15) is 43.2 Å². The van der Waals surface area contributed by atoms with Gasteiger partial charge in [-0.05, 0) is 31.6 Å². The Bertz CT molecular complexity index is 2080. The fourth-order valence-corrected chi connectivity index (χ4v) is 15.9. The van der Waals surface area contributed by atoms with Crippen LogP contribution in [0.4, 0.5) is 0 Å². The molecule has 0 spiro atoms. The van der Waals surface area contributed by atoms with E-state index >= 15 is 0 Å². The number of carbonyl (C=O) groups excluding carboxylic acids is 4. The number of rotatable bonds is 91. The fraction of sp³-hybridized carbons (Fsp3) is 0.956. The third kappa shape index (κ3) is 82.6. The lowest BCUT2D eigenvalue weighted by Gasteiger charge is -2.21. The molecule has 0 aliphatic carbocycles. The molecular weight excluding hydrogens is 1430 g/mol. The van der Waals surface area contributed by atoms with Gasteiger partial charge in [-0.3, -0.25) is 37.3 Å². The van der Waals surface area contributed by atoms with Gasteiger partial charge in [0.1, 0.15) is 19.3 Å². The Labute approximate surface area is 677 Å². The van der Waals surface area contributed by atoms with Crippen LogP contribution in [0.3, 0.4) is 0 Å². The lowest BCUT2D eigenvalue weighted by Crippen LogP contribution is -2.30. The van der Waals surface area contributed by atoms with Gasteiger partial charge in [0, 0.05) is 25.7 Å². The lowest BCUT2D eigenvalue weighted by molar-refractivity contribution is -0.161. The zero-order chi connectivity index (χ0) is 80.4. The maximum Gasteiger partial charge on any atom is 0.472 e. The van der Waals surface area contributed by atoms with Crippen LogP contribution in [-0.4, -0.2) is 96.7 Å². The predicted octanol–water partition coefficient (Wildman–Crippen LogP) is 28.3. The van der Waals surface area contributed by atoms with Crippen LogP contribution in [0.5, 0.6) is 0 Å². The molecule has 19 heteroatoms. The molecule has 0 bridgehead atoms. The normalized spacial score (nSPS) is 13.9. The average Bonchev–Trinajstić information content (AvgIpc) is 0.893. The van der Waals surface area contributed by atoms with Crippen molar-refractivity contribution in [3.8, 4) is 0 Å². The molecule has 0 heterocycles. The number of hydrogen-bond donors (Lipinski definition) is 3. The maximum absolute atomic E-state index is 13.2. The number of ether oxygens (including phenoxy) is 4. The molecule has 0 radical (unpaired) electrons. The summed E-state index contributed by atoms with van der Waals surface area (Å²) >= 11 is 0. The Morgan fingerprint density at radius 2 is 0.436 bits per heavy atom. The van der Waals surface area contributed by atoms with Gasteiger partial charge in [-0.15, -0.1) is 0 Å². The Kier molecular flexibility index (Phi) is 82.1. The van der Waals surface area contributed by atoms with Crippen molar-refractivity contribution >= 4 is 39.5 Å². The van der Waals surface area contributed by atoms with Gasteiger partial charge in [0.05, 0.1) is 26.4 Å². The van der Waals surface area contributed by atoms with E-state index in [-0.39, 0.29) is 25.7 Å². The largest absolute Gasteiger partial charge is 0.472 e. The third-order valence-electron chi connectivity index (χ3n) is 21.9. The predicted molar refractivity (Wildman–Crippen MR) is 455 cm³/mol. The summed E-state index contributed by atoms with van der Waals surface area (Å²) < 4.78 is 69.1. The number of esters is 4. The number of phosphoric ester groups is 2. The van der Waals surface area contributed by atoms with E-state index in [4.69, 9.17) is 37.0 Å². The smallest absolute Gasteiger partial charge is 0.462 e. The van der Waals surface area contributed by atoms with Crippen LogP contribution in [0.25, 0.3) is 0 Å². The van der Waals surface area contributed by atoms with Gasteiger partial charge < -0.3 is 33.8 Å². The van der Waals surface area contributed by atoms with Gasteiger partial charge in [0.2, 0.25) is 0 Å². The molecule has 3 N–H and O–H groups in total. The van der Waals surface area contributed by atoms with Crippen LogP contribution in [-0.2, 0) is 65.4 Å². The molecule has 0 aromatic heterocycles.